The number of nitrogens with two attached hydrogens (primary N) is 1. The van der Waals surface area contributed by atoms with Gasteiger partial charge in [-0.3, -0.25) is 9.59 Å². The second-order valence-electron chi connectivity index (χ2n) is 10.3. The van der Waals surface area contributed by atoms with Gasteiger partial charge in [0.25, 0.3) is 11.8 Å². The van der Waals surface area contributed by atoms with Crippen LogP contribution in [0.5, 0.6) is 5.75 Å². The number of amides is 2. The van der Waals surface area contributed by atoms with E-state index in [1.165, 1.54) is 13.2 Å². The Morgan fingerprint density at radius 2 is 1.89 bits per heavy atom. The van der Waals surface area contributed by atoms with Crippen LogP contribution in [0.3, 0.4) is 0 Å². The molecular weight excluding hydrogens is 580 g/mol. The molecule has 228 valence electrons. The number of aliphatic hydroxyl groups is 1. The fraction of sp³-hybridized carbons (Fsp3) is 0.273. The minimum absolute atomic E-state index is 0.0222. The minimum atomic E-state index is -0.758. The summed E-state index contributed by atoms with van der Waals surface area (Å²) < 4.78 is 11.2. The van der Waals surface area contributed by atoms with Crippen molar-refractivity contribution in [2.24, 2.45) is 5.73 Å². The number of methoxy groups -OCH3 is 1. The van der Waals surface area contributed by atoms with Gasteiger partial charge in [0.1, 0.15) is 11.4 Å². The van der Waals surface area contributed by atoms with Crippen molar-refractivity contribution in [3.63, 3.8) is 0 Å². The van der Waals surface area contributed by atoms with Crippen LogP contribution in [0, 0.1) is 6.92 Å². The lowest BCUT2D eigenvalue weighted by atomic mass is 9.93. The van der Waals surface area contributed by atoms with E-state index in [-0.39, 0.29) is 18.0 Å². The van der Waals surface area contributed by atoms with Crippen LogP contribution in [0.25, 0.3) is 21.6 Å². The fourth-order valence-electron chi connectivity index (χ4n) is 5.09. The van der Waals surface area contributed by atoms with Crippen molar-refractivity contribution in [1.82, 2.24) is 10.3 Å². The molecule has 0 radical (unpaired) electrons. The van der Waals surface area contributed by atoms with E-state index in [9.17, 15) is 14.4 Å². The predicted octanol–water partition coefficient (Wildman–Crippen LogP) is 4.72. The number of carbonyl (C=O) groups is 3. The van der Waals surface area contributed by atoms with E-state index in [1.807, 2.05) is 30.5 Å². The number of unbranched alkanes of at least 4 members (excludes halogenated alkanes) is 1. The number of rotatable bonds is 10. The summed E-state index contributed by atoms with van der Waals surface area (Å²) in [6.07, 6.45) is 1.86. The van der Waals surface area contributed by atoms with Crippen molar-refractivity contribution in [1.29, 1.82) is 0 Å². The molecule has 5 N–H and O–H groups in total. The lowest BCUT2D eigenvalue weighted by Gasteiger charge is -2.18. The van der Waals surface area contributed by atoms with Gasteiger partial charge in [-0.15, -0.1) is 11.3 Å². The van der Waals surface area contributed by atoms with Crippen molar-refractivity contribution in [3.05, 3.63) is 87.6 Å². The minimum Gasteiger partial charge on any atom is -0.493 e. The number of hydrogen-bond donors (Lipinski definition) is 4. The lowest BCUT2D eigenvalue weighted by Crippen LogP contribution is -2.26. The van der Waals surface area contributed by atoms with Gasteiger partial charge in [-0.05, 0) is 78.2 Å². The summed E-state index contributed by atoms with van der Waals surface area (Å²) in [6, 6.07) is 14.3. The van der Waals surface area contributed by atoms with Crippen LogP contribution in [0.2, 0.25) is 0 Å². The first-order valence-electron chi connectivity index (χ1n) is 14.3. The summed E-state index contributed by atoms with van der Waals surface area (Å²) in [5.41, 5.74) is 11.1. The van der Waals surface area contributed by atoms with Crippen LogP contribution in [0.4, 0.5) is 5.69 Å². The highest BCUT2D eigenvalue weighted by Crippen LogP contribution is 2.43. The highest BCUT2D eigenvalue weighted by molar-refractivity contribution is 7.13. The van der Waals surface area contributed by atoms with Gasteiger partial charge in [-0.2, -0.15) is 0 Å². The molecule has 0 bridgehead atoms. The van der Waals surface area contributed by atoms with E-state index in [0.717, 1.165) is 27.1 Å². The molecular formula is C33H34N4O6S. The molecule has 0 saturated heterocycles. The monoisotopic (exact) mass is 614 g/mol. The van der Waals surface area contributed by atoms with E-state index in [1.54, 1.807) is 29.5 Å². The highest BCUT2D eigenvalue weighted by Gasteiger charge is 2.27. The number of esters is 1. The number of ether oxygens (including phenoxy) is 2. The van der Waals surface area contributed by atoms with Crippen molar-refractivity contribution in [3.8, 4) is 27.3 Å². The Hall–Kier alpha value is -4.58. The summed E-state index contributed by atoms with van der Waals surface area (Å²) in [5, 5.41) is 16.8. The Morgan fingerprint density at radius 3 is 2.64 bits per heavy atom. The van der Waals surface area contributed by atoms with Crippen molar-refractivity contribution < 1.29 is 29.0 Å². The lowest BCUT2D eigenvalue weighted by molar-refractivity contribution is 0.0594. The van der Waals surface area contributed by atoms with Crippen molar-refractivity contribution in [2.45, 2.75) is 32.7 Å². The van der Waals surface area contributed by atoms with Crippen LogP contribution in [0.15, 0.2) is 53.9 Å². The maximum absolute atomic E-state index is 14.0. The third kappa shape index (κ3) is 6.49. The van der Waals surface area contributed by atoms with E-state index >= 15 is 0 Å². The topological polar surface area (TPSA) is 153 Å². The Morgan fingerprint density at radius 1 is 1.05 bits per heavy atom. The predicted molar refractivity (Wildman–Crippen MR) is 169 cm³/mol. The van der Waals surface area contributed by atoms with Crippen LogP contribution < -0.4 is 21.1 Å². The van der Waals surface area contributed by atoms with Gasteiger partial charge >= 0.3 is 5.97 Å². The van der Waals surface area contributed by atoms with Gasteiger partial charge in [0.2, 0.25) is 0 Å². The molecule has 0 fully saturated rings. The molecule has 3 heterocycles. The first-order chi connectivity index (χ1) is 21.3. The van der Waals surface area contributed by atoms with Gasteiger partial charge in [-0.1, -0.05) is 12.1 Å². The second-order valence-corrected chi connectivity index (χ2v) is 11.3. The SMILES string of the molecule is COC(=O)c1nc(C(=O)NCCCCO)ccc1-c1cc2c(cc1C(=O)Nc1ccc(CN)cc1C)-c1sccc1CCO2. The van der Waals surface area contributed by atoms with E-state index in [2.05, 4.69) is 21.7 Å². The van der Waals surface area contributed by atoms with Crippen LogP contribution >= 0.6 is 11.3 Å². The molecule has 2 amide bonds. The number of nitrogens with one attached hydrogen (secondary N) is 2. The summed E-state index contributed by atoms with van der Waals surface area (Å²) >= 11 is 1.57. The standard InChI is InChI=1S/C33H34N4O6S/c1-19-15-20(18-34)5-7-26(19)37-31(39)24-16-25-28(43-13-9-21-10-14-44-30(21)25)17-23(24)22-6-8-27(36-29(22)33(41)42-2)32(40)35-11-3-4-12-38/h5-8,10,14-17,38H,3-4,9,11-13,18,34H2,1-2H3,(H,35,40)(H,37,39). The van der Waals surface area contributed by atoms with Gasteiger partial charge in [-0.25, -0.2) is 9.78 Å². The third-order valence-electron chi connectivity index (χ3n) is 7.43. The number of thiophene rings is 1. The van der Waals surface area contributed by atoms with Gasteiger partial charge in [0, 0.05) is 58.9 Å². The first-order valence-corrected chi connectivity index (χ1v) is 15.2. The normalized spacial score (nSPS) is 11.9. The fourth-order valence-corrected chi connectivity index (χ4v) is 6.07. The summed E-state index contributed by atoms with van der Waals surface area (Å²) in [4.78, 5) is 45.3. The molecule has 1 aliphatic heterocycles. The third-order valence-corrected chi connectivity index (χ3v) is 8.42. The molecule has 4 aromatic rings. The average molecular weight is 615 g/mol. The Balaban J connectivity index is 1.63. The molecule has 0 aliphatic carbocycles. The molecule has 0 saturated carbocycles. The maximum Gasteiger partial charge on any atom is 0.357 e. The van der Waals surface area contributed by atoms with Crippen molar-refractivity contribution >= 4 is 34.8 Å². The Bertz CT molecular complexity index is 1720. The van der Waals surface area contributed by atoms with Gasteiger partial charge < -0.3 is 30.9 Å². The Labute approximate surface area is 259 Å². The number of nitrogens with zero attached hydrogens (tertiary/aromatic N) is 1. The number of pyridine rings is 1. The summed E-state index contributed by atoms with van der Waals surface area (Å²) in [5.74, 6) is -1.05. The molecule has 44 heavy (non-hydrogen) atoms. The summed E-state index contributed by atoms with van der Waals surface area (Å²) in [6.45, 7) is 3.10. The van der Waals surface area contributed by atoms with Gasteiger partial charge in [0.15, 0.2) is 5.69 Å². The van der Waals surface area contributed by atoms with Gasteiger partial charge in [0.05, 0.1) is 13.7 Å². The molecule has 1 aliphatic rings. The number of benzene rings is 2. The van der Waals surface area contributed by atoms with E-state index in [4.69, 9.17) is 20.3 Å². The number of hydrogen-bond acceptors (Lipinski definition) is 9. The molecule has 2 aromatic heterocycles. The van der Waals surface area contributed by atoms with Crippen LogP contribution in [-0.4, -0.2) is 54.7 Å². The van der Waals surface area contributed by atoms with E-state index < -0.39 is 17.8 Å². The molecule has 11 heteroatoms. The molecule has 2 aromatic carbocycles. The number of aliphatic hydroxyl groups excluding tert-OH is 1. The molecule has 5 rings (SSSR count). The zero-order valence-corrected chi connectivity index (χ0v) is 25.4. The number of carbonyl (C=O) groups excluding carboxylic acids is 3. The largest absolute Gasteiger partial charge is 0.493 e. The zero-order valence-electron chi connectivity index (χ0n) is 24.6. The molecule has 0 atom stereocenters. The number of aryl methyl sites for hydroxylation is 1. The average Bonchev–Trinajstić information content (AvgIpc) is 3.44. The van der Waals surface area contributed by atoms with Crippen LogP contribution in [-0.2, 0) is 17.7 Å². The maximum atomic E-state index is 14.0. The smallest absolute Gasteiger partial charge is 0.357 e. The molecule has 10 nitrogen and oxygen atoms in total. The first kappa shape index (κ1) is 30.9. The quantitative estimate of drug-likeness (QED) is 0.148. The number of aromatic nitrogens is 1. The highest BCUT2D eigenvalue weighted by atomic mass is 32.1. The Kier molecular flexibility index (Phi) is 9.69. The number of anilines is 1. The van der Waals surface area contributed by atoms with E-state index in [0.29, 0.717) is 67.1 Å². The zero-order chi connectivity index (χ0) is 31.2. The number of fused-ring (bicyclic) bond motifs is 3. The molecule has 0 unspecified atom stereocenters. The van der Waals surface area contributed by atoms with Crippen molar-refractivity contribution in [2.75, 3.05) is 32.2 Å². The second kappa shape index (κ2) is 13.8. The molecule has 0 spiro atoms. The van der Waals surface area contributed by atoms with Crippen LogP contribution in [0.1, 0.15) is 60.9 Å². The summed E-state index contributed by atoms with van der Waals surface area (Å²) in [7, 11) is 1.23.